The van der Waals surface area contributed by atoms with Crippen molar-refractivity contribution in [3.8, 4) is 0 Å². The maximum absolute atomic E-state index is 6.38. The van der Waals surface area contributed by atoms with Crippen molar-refractivity contribution in [3.05, 3.63) is 65.1 Å². The fourth-order valence-corrected chi connectivity index (χ4v) is 2.34. The van der Waals surface area contributed by atoms with Crippen molar-refractivity contribution >= 4 is 10.9 Å². The molecular weight excluding hydrogens is 248 g/mol. The summed E-state index contributed by atoms with van der Waals surface area (Å²) in [5.74, 6) is 0. The smallest absolute Gasteiger partial charge is 0.0705 e. The highest BCUT2D eigenvalue weighted by Gasteiger charge is 2.13. The number of aryl methyl sites for hydroxylation is 2. The second-order valence-corrected chi connectivity index (χ2v) is 4.96. The van der Waals surface area contributed by atoms with E-state index >= 15 is 0 Å². The molecule has 0 aliphatic heterocycles. The van der Waals surface area contributed by atoms with E-state index in [-0.39, 0.29) is 6.04 Å². The second kappa shape index (κ2) is 4.98. The van der Waals surface area contributed by atoms with Crippen LogP contribution in [-0.2, 0) is 0 Å². The standard InChI is InChI=1S/C16H16N4/c1-10-8-14(11(2)20-19-10)16(17)13-6-5-12-4-3-7-18-15(12)9-13/h3-9,16H,17H2,1-2H3. The van der Waals surface area contributed by atoms with Gasteiger partial charge in [0.2, 0.25) is 0 Å². The third-order valence-electron chi connectivity index (χ3n) is 3.46. The van der Waals surface area contributed by atoms with Crippen LogP contribution in [0, 0.1) is 13.8 Å². The first-order chi connectivity index (χ1) is 9.65. The summed E-state index contributed by atoms with van der Waals surface area (Å²) in [7, 11) is 0. The Labute approximate surface area is 117 Å². The van der Waals surface area contributed by atoms with Gasteiger partial charge in [-0.2, -0.15) is 10.2 Å². The Hall–Kier alpha value is -2.33. The third-order valence-corrected chi connectivity index (χ3v) is 3.46. The Balaban J connectivity index is 2.07. The van der Waals surface area contributed by atoms with Crippen LogP contribution in [0.15, 0.2) is 42.6 Å². The summed E-state index contributed by atoms with van der Waals surface area (Å²) in [6.45, 7) is 3.85. The van der Waals surface area contributed by atoms with Gasteiger partial charge in [-0.15, -0.1) is 0 Å². The SMILES string of the molecule is Cc1cc(C(N)c2ccc3cccnc3c2)c(C)nn1. The lowest BCUT2D eigenvalue weighted by Crippen LogP contribution is -2.15. The average Bonchev–Trinajstić information content (AvgIpc) is 2.48. The van der Waals surface area contributed by atoms with Gasteiger partial charge in [-0.25, -0.2) is 0 Å². The predicted octanol–water partition coefficient (Wildman–Crippen LogP) is 2.69. The molecular formula is C16H16N4. The molecule has 3 rings (SSSR count). The molecule has 4 nitrogen and oxygen atoms in total. The van der Waals surface area contributed by atoms with Crippen molar-refractivity contribution < 1.29 is 0 Å². The lowest BCUT2D eigenvalue weighted by Gasteiger charge is -2.15. The van der Waals surface area contributed by atoms with Gasteiger partial charge >= 0.3 is 0 Å². The summed E-state index contributed by atoms with van der Waals surface area (Å²) < 4.78 is 0. The van der Waals surface area contributed by atoms with Crippen LogP contribution in [0.4, 0.5) is 0 Å². The van der Waals surface area contributed by atoms with Gasteiger partial charge in [0.1, 0.15) is 0 Å². The Morgan fingerprint density at radius 1 is 1.05 bits per heavy atom. The number of fused-ring (bicyclic) bond motifs is 1. The molecule has 2 heterocycles. The number of pyridine rings is 1. The normalized spacial score (nSPS) is 12.6. The van der Waals surface area contributed by atoms with E-state index in [4.69, 9.17) is 5.73 Å². The van der Waals surface area contributed by atoms with Crippen LogP contribution < -0.4 is 5.73 Å². The van der Waals surface area contributed by atoms with Crippen LogP contribution in [-0.4, -0.2) is 15.2 Å². The Bertz CT molecular complexity index is 767. The summed E-state index contributed by atoms with van der Waals surface area (Å²) in [5.41, 5.74) is 11.1. The van der Waals surface area contributed by atoms with Gasteiger partial charge in [0.25, 0.3) is 0 Å². The van der Waals surface area contributed by atoms with E-state index in [0.29, 0.717) is 0 Å². The number of nitrogens with two attached hydrogens (primary N) is 1. The van der Waals surface area contributed by atoms with Gasteiger partial charge in [0.05, 0.1) is 22.9 Å². The quantitative estimate of drug-likeness (QED) is 0.773. The molecule has 0 radical (unpaired) electrons. The summed E-state index contributed by atoms with van der Waals surface area (Å²) in [4.78, 5) is 4.37. The lowest BCUT2D eigenvalue weighted by atomic mass is 9.97. The molecule has 0 spiro atoms. The number of nitrogens with zero attached hydrogens (tertiary/aromatic N) is 3. The summed E-state index contributed by atoms with van der Waals surface area (Å²) in [5, 5.41) is 9.30. The zero-order valence-corrected chi connectivity index (χ0v) is 11.5. The highest BCUT2D eigenvalue weighted by Crippen LogP contribution is 2.24. The van der Waals surface area contributed by atoms with E-state index in [1.165, 1.54) is 0 Å². The summed E-state index contributed by atoms with van der Waals surface area (Å²) in [6.07, 6.45) is 1.79. The average molecular weight is 264 g/mol. The molecule has 1 aromatic carbocycles. The predicted molar refractivity (Wildman–Crippen MR) is 79.3 cm³/mol. The van der Waals surface area contributed by atoms with Crippen LogP contribution in [0.1, 0.15) is 28.6 Å². The molecule has 0 fully saturated rings. The first kappa shape index (κ1) is 12.7. The topological polar surface area (TPSA) is 64.7 Å². The van der Waals surface area contributed by atoms with Gasteiger partial charge in [-0.1, -0.05) is 18.2 Å². The molecule has 2 N–H and O–H groups in total. The van der Waals surface area contributed by atoms with Crippen molar-refractivity contribution in [3.63, 3.8) is 0 Å². The van der Waals surface area contributed by atoms with E-state index < -0.39 is 0 Å². The van der Waals surface area contributed by atoms with Gasteiger partial charge in [-0.05, 0) is 43.2 Å². The van der Waals surface area contributed by atoms with E-state index in [9.17, 15) is 0 Å². The van der Waals surface area contributed by atoms with Gasteiger partial charge in [-0.3, -0.25) is 4.98 Å². The van der Waals surface area contributed by atoms with Crippen LogP contribution in [0.2, 0.25) is 0 Å². The zero-order valence-electron chi connectivity index (χ0n) is 11.5. The van der Waals surface area contributed by atoms with Crippen LogP contribution in [0.5, 0.6) is 0 Å². The fraction of sp³-hybridized carbons (Fsp3) is 0.188. The molecule has 0 amide bonds. The Morgan fingerprint density at radius 3 is 2.75 bits per heavy atom. The molecule has 0 bridgehead atoms. The van der Waals surface area contributed by atoms with E-state index in [1.807, 2.05) is 50.2 Å². The molecule has 4 heteroatoms. The van der Waals surface area contributed by atoms with Crippen molar-refractivity contribution in [2.45, 2.75) is 19.9 Å². The molecule has 0 saturated carbocycles. The molecule has 0 aliphatic rings. The molecule has 0 saturated heterocycles. The zero-order chi connectivity index (χ0) is 14.1. The maximum atomic E-state index is 6.38. The molecule has 1 atom stereocenters. The first-order valence-electron chi connectivity index (χ1n) is 6.56. The van der Waals surface area contributed by atoms with Crippen molar-refractivity contribution in [2.75, 3.05) is 0 Å². The second-order valence-electron chi connectivity index (χ2n) is 4.96. The van der Waals surface area contributed by atoms with Crippen LogP contribution in [0.25, 0.3) is 10.9 Å². The number of rotatable bonds is 2. The number of benzene rings is 1. The van der Waals surface area contributed by atoms with Crippen molar-refractivity contribution in [1.29, 1.82) is 0 Å². The van der Waals surface area contributed by atoms with Gasteiger partial charge < -0.3 is 5.73 Å². The minimum atomic E-state index is -0.212. The molecule has 1 unspecified atom stereocenters. The minimum Gasteiger partial charge on any atom is -0.320 e. The fourth-order valence-electron chi connectivity index (χ4n) is 2.34. The van der Waals surface area contributed by atoms with Gasteiger partial charge in [0, 0.05) is 11.6 Å². The number of aromatic nitrogens is 3. The lowest BCUT2D eigenvalue weighted by molar-refractivity contribution is 0.814. The van der Waals surface area contributed by atoms with E-state index in [0.717, 1.165) is 33.4 Å². The number of hydrogen-bond acceptors (Lipinski definition) is 4. The molecule has 2 aromatic heterocycles. The Morgan fingerprint density at radius 2 is 1.90 bits per heavy atom. The molecule has 100 valence electrons. The van der Waals surface area contributed by atoms with Crippen LogP contribution in [0.3, 0.4) is 0 Å². The molecule has 3 aromatic rings. The largest absolute Gasteiger partial charge is 0.320 e. The van der Waals surface area contributed by atoms with E-state index in [2.05, 4.69) is 15.2 Å². The summed E-state index contributed by atoms with van der Waals surface area (Å²) >= 11 is 0. The summed E-state index contributed by atoms with van der Waals surface area (Å²) in [6, 6.07) is 11.9. The first-order valence-corrected chi connectivity index (χ1v) is 6.56. The third kappa shape index (κ3) is 2.26. The highest BCUT2D eigenvalue weighted by molar-refractivity contribution is 5.79. The van der Waals surface area contributed by atoms with Crippen molar-refractivity contribution in [2.24, 2.45) is 5.73 Å². The van der Waals surface area contributed by atoms with Crippen LogP contribution >= 0.6 is 0 Å². The monoisotopic (exact) mass is 264 g/mol. The maximum Gasteiger partial charge on any atom is 0.0705 e. The molecule has 20 heavy (non-hydrogen) atoms. The number of hydrogen-bond donors (Lipinski definition) is 1. The van der Waals surface area contributed by atoms with Crippen molar-refractivity contribution in [1.82, 2.24) is 15.2 Å². The minimum absolute atomic E-state index is 0.212. The molecule has 0 aliphatic carbocycles. The van der Waals surface area contributed by atoms with Gasteiger partial charge in [0.15, 0.2) is 0 Å². The Kier molecular flexibility index (Phi) is 3.16. The highest BCUT2D eigenvalue weighted by atomic mass is 15.1. The van der Waals surface area contributed by atoms with E-state index in [1.54, 1.807) is 6.20 Å².